The van der Waals surface area contributed by atoms with Crippen molar-refractivity contribution < 1.29 is 5.11 Å². The third kappa shape index (κ3) is 3.83. The van der Waals surface area contributed by atoms with Crippen molar-refractivity contribution in [2.75, 3.05) is 0 Å². The molecule has 3 N–H and O–H groups in total. The Balaban J connectivity index is 1.93. The predicted octanol–water partition coefficient (Wildman–Crippen LogP) is 2.93. The molecule has 2 unspecified atom stereocenters. The van der Waals surface area contributed by atoms with E-state index in [-0.39, 0.29) is 22.5 Å². The quantitative estimate of drug-likeness (QED) is 0.806. The van der Waals surface area contributed by atoms with Crippen molar-refractivity contribution in [3.8, 4) is 0 Å². The van der Waals surface area contributed by atoms with Gasteiger partial charge in [-0.1, -0.05) is 41.4 Å². The molecule has 1 fully saturated rings. The van der Waals surface area contributed by atoms with Gasteiger partial charge in [0.25, 0.3) is 5.56 Å². The number of hydrogen-bond donors (Lipinski definition) is 3. The average molecular weight is 333 g/mol. The first-order valence-corrected chi connectivity index (χ1v) is 8.30. The van der Waals surface area contributed by atoms with Gasteiger partial charge in [-0.3, -0.25) is 10.1 Å². The Morgan fingerprint density at radius 3 is 2.57 bits per heavy atom. The highest BCUT2D eigenvalue weighted by Crippen LogP contribution is 2.30. The normalized spacial score (nSPS) is 22.2. The molecule has 5 heteroatoms. The molecular weight excluding hydrogens is 312 g/mol. The number of aliphatic hydroxyl groups excluding tert-OH is 1. The maximum Gasteiger partial charge on any atom is 0.266 e. The monoisotopic (exact) mass is 332 g/mol. The van der Waals surface area contributed by atoms with Gasteiger partial charge in [0.2, 0.25) is 0 Å². The van der Waals surface area contributed by atoms with Crippen molar-refractivity contribution in [1.29, 1.82) is 0 Å². The van der Waals surface area contributed by atoms with Gasteiger partial charge in [-0.15, -0.1) is 0 Å². The number of benzene rings is 1. The molecule has 3 atom stereocenters. The van der Waals surface area contributed by atoms with Crippen LogP contribution in [0.15, 0.2) is 41.2 Å². The van der Waals surface area contributed by atoms with Gasteiger partial charge in [0.05, 0.1) is 0 Å². The number of H-pyrrole nitrogens is 1. The number of aliphatic hydroxyl groups is 1. The molecule has 1 aromatic carbocycles. The Morgan fingerprint density at radius 1 is 1.22 bits per heavy atom. The zero-order valence-corrected chi connectivity index (χ0v) is 13.8. The number of pyridine rings is 1. The van der Waals surface area contributed by atoms with Gasteiger partial charge in [0.1, 0.15) is 11.3 Å². The van der Waals surface area contributed by atoms with Gasteiger partial charge in [-0.2, -0.15) is 0 Å². The van der Waals surface area contributed by atoms with Gasteiger partial charge >= 0.3 is 0 Å². The Kier molecular flexibility index (Phi) is 4.85. The summed E-state index contributed by atoms with van der Waals surface area (Å²) in [5, 5.41) is 13.1. The van der Waals surface area contributed by atoms with E-state index in [1.54, 1.807) is 6.07 Å². The molecule has 23 heavy (non-hydrogen) atoms. The molecule has 0 bridgehead atoms. The van der Waals surface area contributed by atoms with Crippen molar-refractivity contribution in [2.45, 2.75) is 44.4 Å². The number of aromatic nitrogens is 1. The van der Waals surface area contributed by atoms with E-state index < -0.39 is 6.23 Å². The summed E-state index contributed by atoms with van der Waals surface area (Å²) in [5.74, 6) is 0.0587. The van der Waals surface area contributed by atoms with Crippen LogP contribution in [0.1, 0.15) is 42.0 Å². The largest absolute Gasteiger partial charge is 0.379 e. The fourth-order valence-electron chi connectivity index (χ4n) is 3.18. The molecule has 0 amide bonds. The van der Waals surface area contributed by atoms with Crippen molar-refractivity contribution >= 4 is 11.6 Å². The minimum absolute atomic E-state index is 0.0587. The highest BCUT2D eigenvalue weighted by molar-refractivity contribution is 6.30. The van der Waals surface area contributed by atoms with E-state index in [0.717, 1.165) is 30.5 Å². The summed E-state index contributed by atoms with van der Waals surface area (Å²) in [5.41, 5.74) is 2.94. The maximum absolute atomic E-state index is 11.9. The second-order valence-corrected chi connectivity index (χ2v) is 6.65. The Bertz CT molecular complexity index is 727. The Morgan fingerprint density at radius 2 is 1.96 bits per heavy atom. The fourth-order valence-corrected chi connectivity index (χ4v) is 3.29. The van der Waals surface area contributed by atoms with Crippen LogP contribution in [0.3, 0.4) is 0 Å². The van der Waals surface area contributed by atoms with Crippen molar-refractivity contribution in [1.82, 2.24) is 10.3 Å². The van der Waals surface area contributed by atoms with Crippen LogP contribution >= 0.6 is 11.6 Å². The summed E-state index contributed by atoms with van der Waals surface area (Å²) in [7, 11) is 0. The molecule has 1 aliphatic heterocycles. The van der Waals surface area contributed by atoms with E-state index in [2.05, 4.69) is 41.5 Å². The molecule has 3 rings (SSSR count). The molecular formula is C18H21ClN2O2. The molecule has 1 aliphatic rings. The zero-order valence-electron chi connectivity index (χ0n) is 13.1. The molecule has 0 aliphatic carbocycles. The van der Waals surface area contributed by atoms with Crippen molar-refractivity contribution in [2.24, 2.45) is 0 Å². The van der Waals surface area contributed by atoms with Gasteiger partial charge in [0.15, 0.2) is 0 Å². The minimum atomic E-state index is -0.428. The molecule has 0 spiro atoms. The Hall–Kier alpha value is -1.62. The van der Waals surface area contributed by atoms with E-state index in [1.807, 2.05) is 6.07 Å². The highest BCUT2D eigenvalue weighted by Gasteiger charge is 2.26. The molecule has 1 aromatic heterocycles. The summed E-state index contributed by atoms with van der Waals surface area (Å²) in [4.78, 5) is 14.8. The third-order valence-electron chi connectivity index (χ3n) is 4.48. The molecule has 0 radical (unpaired) electrons. The maximum atomic E-state index is 11.9. The van der Waals surface area contributed by atoms with Gasteiger partial charge in [-0.05, 0) is 43.9 Å². The first-order chi connectivity index (χ1) is 11.0. The lowest BCUT2D eigenvalue weighted by atomic mass is 9.88. The number of hydrogen-bond acceptors (Lipinski definition) is 3. The number of nitrogens with one attached hydrogen (secondary N) is 2. The topological polar surface area (TPSA) is 65.1 Å². The standard InChI is InChI=1S/C18H21ClN2O2/c1-11-2-4-12(5-3-11)14(10-13-6-9-17(22)20-13)16-8-7-15(19)18(23)21-16/h2-5,7-8,13-14,17,20,22H,6,9-10H2,1H3,(H,21,23)/t13-,14?,17?/m1/s1. The molecule has 0 saturated carbocycles. The zero-order chi connectivity index (χ0) is 16.4. The van der Waals surface area contributed by atoms with Crippen molar-refractivity contribution in [3.05, 3.63) is 68.6 Å². The fraction of sp³-hybridized carbons (Fsp3) is 0.389. The average Bonchev–Trinajstić information content (AvgIpc) is 2.94. The third-order valence-corrected chi connectivity index (χ3v) is 4.77. The van der Waals surface area contributed by atoms with Crippen LogP contribution in [0, 0.1) is 6.92 Å². The van der Waals surface area contributed by atoms with Gasteiger partial charge in [0, 0.05) is 17.7 Å². The number of aromatic amines is 1. The van der Waals surface area contributed by atoms with E-state index in [4.69, 9.17) is 11.6 Å². The van der Waals surface area contributed by atoms with Crippen LogP contribution in [0.5, 0.6) is 0 Å². The molecule has 2 aromatic rings. The van der Waals surface area contributed by atoms with Gasteiger partial charge < -0.3 is 10.1 Å². The number of halogens is 1. The van der Waals surface area contributed by atoms with Crippen LogP contribution < -0.4 is 10.9 Å². The SMILES string of the molecule is Cc1ccc(C(C[C@H]2CCC(O)N2)c2ccc(Cl)c(=O)[nH]2)cc1. The Labute approximate surface area is 140 Å². The summed E-state index contributed by atoms with van der Waals surface area (Å²) in [6.07, 6.45) is 2.09. The minimum Gasteiger partial charge on any atom is -0.379 e. The van der Waals surface area contributed by atoms with E-state index >= 15 is 0 Å². The summed E-state index contributed by atoms with van der Waals surface area (Å²) in [6, 6.07) is 12.1. The number of aryl methyl sites for hydroxylation is 1. The van der Waals surface area contributed by atoms with Crippen LogP contribution in [-0.2, 0) is 0 Å². The lowest BCUT2D eigenvalue weighted by molar-refractivity contribution is 0.153. The first-order valence-electron chi connectivity index (χ1n) is 7.92. The van der Waals surface area contributed by atoms with Gasteiger partial charge in [-0.25, -0.2) is 0 Å². The molecule has 4 nitrogen and oxygen atoms in total. The molecule has 1 saturated heterocycles. The van der Waals surface area contributed by atoms with E-state index in [1.165, 1.54) is 5.56 Å². The summed E-state index contributed by atoms with van der Waals surface area (Å²) in [6.45, 7) is 2.05. The second kappa shape index (κ2) is 6.87. The highest BCUT2D eigenvalue weighted by atomic mass is 35.5. The summed E-state index contributed by atoms with van der Waals surface area (Å²) < 4.78 is 0. The lowest BCUT2D eigenvalue weighted by Crippen LogP contribution is -2.30. The van der Waals surface area contributed by atoms with Crippen LogP contribution in [0.2, 0.25) is 5.02 Å². The van der Waals surface area contributed by atoms with E-state index in [9.17, 15) is 9.90 Å². The van der Waals surface area contributed by atoms with E-state index in [0.29, 0.717) is 0 Å². The van der Waals surface area contributed by atoms with Crippen molar-refractivity contribution in [3.63, 3.8) is 0 Å². The number of rotatable bonds is 4. The predicted molar refractivity (Wildman–Crippen MR) is 91.9 cm³/mol. The molecule has 122 valence electrons. The lowest BCUT2D eigenvalue weighted by Gasteiger charge is -2.22. The van der Waals surface area contributed by atoms with Crippen LogP contribution in [-0.4, -0.2) is 22.4 Å². The summed E-state index contributed by atoms with van der Waals surface area (Å²) >= 11 is 5.85. The van der Waals surface area contributed by atoms with Crippen LogP contribution in [0.25, 0.3) is 0 Å². The van der Waals surface area contributed by atoms with Crippen LogP contribution in [0.4, 0.5) is 0 Å². The smallest absolute Gasteiger partial charge is 0.266 e. The molecule has 2 heterocycles. The first kappa shape index (κ1) is 16.2. The second-order valence-electron chi connectivity index (χ2n) is 6.25.